The molecule has 0 N–H and O–H groups in total. The summed E-state index contributed by atoms with van der Waals surface area (Å²) < 4.78 is 1.19. The van der Waals surface area contributed by atoms with Crippen molar-refractivity contribution in [3.63, 3.8) is 0 Å². The second-order valence-electron chi connectivity index (χ2n) is 3.96. The molecule has 0 bridgehead atoms. The van der Waals surface area contributed by atoms with Crippen LogP contribution in [0.4, 0.5) is 0 Å². The predicted octanol–water partition coefficient (Wildman–Crippen LogP) is 4.99. The average Bonchev–Trinajstić information content (AvgIpc) is 2.19. The van der Waals surface area contributed by atoms with Crippen LogP contribution < -0.4 is 0 Å². The van der Waals surface area contributed by atoms with Crippen LogP contribution in [-0.4, -0.2) is 0 Å². The van der Waals surface area contributed by atoms with E-state index in [2.05, 4.69) is 61.0 Å². The Hall–Kier alpha value is -0.300. The molecule has 0 nitrogen and oxygen atoms in total. The quantitative estimate of drug-likeness (QED) is 0.711. The van der Waals surface area contributed by atoms with E-state index in [0.29, 0.717) is 5.92 Å². The largest absolute Gasteiger partial charge is 0.0651 e. The Balaban J connectivity index is 2.89. The van der Waals surface area contributed by atoms with Crippen molar-refractivity contribution in [1.29, 1.82) is 0 Å². The first-order valence-electron chi connectivity index (χ1n) is 5.44. The van der Waals surface area contributed by atoms with E-state index in [1.165, 1.54) is 22.9 Å². The number of hydrogen-bond acceptors (Lipinski definition) is 0. The Labute approximate surface area is 95.9 Å². The third-order valence-corrected chi connectivity index (χ3v) is 3.54. The summed E-state index contributed by atoms with van der Waals surface area (Å²) in [7, 11) is 0. The van der Waals surface area contributed by atoms with Gasteiger partial charge in [-0.1, -0.05) is 55.3 Å². The van der Waals surface area contributed by atoms with Gasteiger partial charge in [0.2, 0.25) is 0 Å². The summed E-state index contributed by atoms with van der Waals surface area (Å²) in [5.41, 5.74) is 1.47. The summed E-state index contributed by atoms with van der Waals surface area (Å²) in [6.45, 7) is 6.89. The van der Waals surface area contributed by atoms with Crippen molar-refractivity contribution in [1.82, 2.24) is 0 Å². The van der Waals surface area contributed by atoms with Crippen molar-refractivity contribution >= 4 is 15.9 Å². The lowest BCUT2D eigenvalue weighted by Crippen LogP contribution is -2.07. The van der Waals surface area contributed by atoms with Gasteiger partial charge in [0.25, 0.3) is 0 Å². The van der Waals surface area contributed by atoms with E-state index in [9.17, 15) is 0 Å². The molecular weight excluding hydrogens is 236 g/mol. The predicted molar refractivity (Wildman–Crippen MR) is 66.6 cm³/mol. The Kier molecular flexibility index (Phi) is 4.67. The van der Waals surface area contributed by atoms with E-state index < -0.39 is 0 Å². The first-order chi connectivity index (χ1) is 6.69. The first kappa shape index (κ1) is 11.8. The van der Waals surface area contributed by atoms with Crippen LogP contribution in [0.25, 0.3) is 0 Å². The molecule has 1 aromatic carbocycles. The monoisotopic (exact) mass is 254 g/mol. The van der Waals surface area contributed by atoms with Gasteiger partial charge in [-0.05, 0) is 36.0 Å². The first-order valence-corrected chi connectivity index (χ1v) is 6.23. The summed E-state index contributed by atoms with van der Waals surface area (Å²) in [4.78, 5) is 0. The lowest BCUT2D eigenvalue weighted by atomic mass is 9.84. The van der Waals surface area contributed by atoms with Crippen LogP contribution in [0.15, 0.2) is 28.7 Å². The van der Waals surface area contributed by atoms with Crippen LogP contribution in [0.1, 0.15) is 45.1 Å². The lowest BCUT2D eigenvalue weighted by molar-refractivity contribution is 0.435. The van der Waals surface area contributed by atoms with Crippen molar-refractivity contribution < 1.29 is 0 Å². The molecule has 78 valence electrons. The topological polar surface area (TPSA) is 0 Å². The van der Waals surface area contributed by atoms with Crippen molar-refractivity contribution in [2.75, 3.05) is 0 Å². The summed E-state index contributed by atoms with van der Waals surface area (Å²) >= 11 is 3.53. The van der Waals surface area contributed by atoms with Gasteiger partial charge in [0, 0.05) is 4.47 Å². The zero-order valence-corrected chi connectivity index (χ0v) is 10.8. The number of rotatable bonds is 4. The summed E-state index contributed by atoms with van der Waals surface area (Å²) in [5, 5.41) is 0. The van der Waals surface area contributed by atoms with Crippen molar-refractivity contribution in [2.45, 2.75) is 39.5 Å². The van der Waals surface area contributed by atoms with Gasteiger partial charge in [0.1, 0.15) is 0 Å². The lowest BCUT2D eigenvalue weighted by Gasteiger charge is -2.22. The fourth-order valence-corrected chi connectivity index (χ4v) is 2.41. The molecule has 0 heterocycles. The summed E-state index contributed by atoms with van der Waals surface area (Å²) in [5.74, 6) is 1.48. The Morgan fingerprint density at radius 2 is 1.93 bits per heavy atom. The Bertz CT molecular complexity index is 280. The average molecular weight is 255 g/mol. The minimum Gasteiger partial charge on any atom is -0.0651 e. The molecule has 0 amide bonds. The molecular formula is C13H19Br. The normalized spacial score (nSPS) is 15.1. The highest BCUT2D eigenvalue weighted by Gasteiger charge is 2.15. The highest BCUT2D eigenvalue weighted by atomic mass is 79.9. The van der Waals surface area contributed by atoms with Crippen LogP contribution in [0.5, 0.6) is 0 Å². The van der Waals surface area contributed by atoms with E-state index in [1.54, 1.807) is 0 Å². The van der Waals surface area contributed by atoms with E-state index in [4.69, 9.17) is 0 Å². The van der Waals surface area contributed by atoms with Crippen molar-refractivity contribution in [3.05, 3.63) is 34.3 Å². The molecule has 0 saturated carbocycles. The molecule has 0 spiro atoms. The van der Waals surface area contributed by atoms with Crippen molar-refractivity contribution in [2.24, 2.45) is 5.92 Å². The number of hydrogen-bond donors (Lipinski definition) is 0. The van der Waals surface area contributed by atoms with Crippen LogP contribution in [0.3, 0.4) is 0 Å². The molecule has 0 aliphatic heterocycles. The minimum atomic E-state index is 0.706. The van der Waals surface area contributed by atoms with E-state index in [1.807, 2.05) is 0 Å². The molecule has 0 radical (unpaired) electrons. The molecule has 14 heavy (non-hydrogen) atoms. The molecule has 0 fully saturated rings. The zero-order valence-electron chi connectivity index (χ0n) is 9.26. The van der Waals surface area contributed by atoms with Crippen molar-refractivity contribution in [3.8, 4) is 0 Å². The Morgan fingerprint density at radius 3 is 2.43 bits per heavy atom. The van der Waals surface area contributed by atoms with Crippen LogP contribution in [-0.2, 0) is 0 Å². The molecule has 2 unspecified atom stereocenters. The number of benzene rings is 1. The van der Waals surface area contributed by atoms with Gasteiger partial charge in [-0.3, -0.25) is 0 Å². The van der Waals surface area contributed by atoms with E-state index in [0.717, 1.165) is 5.92 Å². The fourth-order valence-electron chi connectivity index (χ4n) is 1.99. The van der Waals surface area contributed by atoms with Gasteiger partial charge in [0.05, 0.1) is 0 Å². The van der Waals surface area contributed by atoms with Crippen LogP contribution >= 0.6 is 15.9 Å². The molecule has 2 atom stereocenters. The standard InChI is InChI=1S/C13H19Br/c1-4-10(3)13(5-2)11-7-6-8-12(14)9-11/h6-10,13H,4-5H2,1-3H3. The summed E-state index contributed by atoms with van der Waals surface area (Å²) in [6.07, 6.45) is 2.48. The van der Waals surface area contributed by atoms with Crippen LogP contribution in [0.2, 0.25) is 0 Å². The van der Waals surface area contributed by atoms with Crippen LogP contribution in [0, 0.1) is 5.92 Å². The smallest absolute Gasteiger partial charge is 0.0178 e. The summed E-state index contributed by atoms with van der Waals surface area (Å²) in [6, 6.07) is 8.71. The van der Waals surface area contributed by atoms with Gasteiger partial charge in [0.15, 0.2) is 0 Å². The highest BCUT2D eigenvalue weighted by molar-refractivity contribution is 9.10. The molecule has 0 saturated heterocycles. The van der Waals surface area contributed by atoms with E-state index in [-0.39, 0.29) is 0 Å². The van der Waals surface area contributed by atoms with Gasteiger partial charge in [-0.15, -0.1) is 0 Å². The molecule has 1 heteroatoms. The molecule has 1 rings (SSSR count). The zero-order chi connectivity index (χ0) is 10.6. The maximum atomic E-state index is 3.53. The second-order valence-corrected chi connectivity index (χ2v) is 4.87. The molecule has 0 aromatic heterocycles. The van der Waals surface area contributed by atoms with Gasteiger partial charge in [-0.25, -0.2) is 0 Å². The maximum absolute atomic E-state index is 3.53. The number of halogens is 1. The molecule has 1 aromatic rings. The third-order valence-electron chi connectivity index (χ3n) is 3.05. The Morgan fingerprint density at radius 1 is 1.21 bits per heavy atom. The van der Waals surface area contributed by atoms with E-state index >= 15 is 0 Å². The van der Waals surface area contributed by atoms with Gasteiger partial charge >= 0.3 is 0 Å². The second kappa shape index (κ2) is 5.55. The highest BCUT2D eigenvalue weighted by Crippen LogP contribution is 2.31. The minimum absolute atomic E-state index is 0.706. The SMILES string of the molecule is CCC(C)C(CC)c1cccc(Br)c1. The molecule has 0 aliphatic rings. The van der Waals surface area contributed by atoms with Gasteiger partial charge in [-0.2, -0.15) is 0 Å². The molecule has 0 aliphatic carbocycles. The maximum Gasteiger partial charge on any atom is 0.0178 e. The fraction of sp³-hybridized carbons (Fsp3) is 0.538. The third kappa shape index (κ3) is 2.84. The van der Waals surface area contributed by atoms with Gasteiger partial charge < -0.3 is 0 Å².